The van der Waals surface area contributed by atoms with E-state index in [1.807, 2.05) is 77.8 Å². The first-order valence-corrected chi connectivity index (χ1v) is 10.8. The van der Waals surface area contributed by atoms with Crippen molar-refractivity contribution in [3.63, 3.8) is 0 Å². The van der Waals surface area contributed by atoms with Crippen LogP contribution in [0, 0.1) is 5.82 Å². The minimum Gasteiger partial charge on any atom is -0.345 e. The van der Waals surface area contributed by atoms with Crippen LogP contribution >= 0.6 is 15.9 Å². The van der Waals surface area contributed by atoms with Crippen molar-refractivity contribution in [2.45, 2.75) is 19.6 Å². The molecule has 5 heteroatoms. The number of nitrogens with zero attached hydrogens (tertiary/aromatic N) is 2. The van der Waals surface area contributed by atoms with Crippen LogP contribution in [0.15, 0.2) is 102 Å². The second kappa shape index (κ2) is 9.75. The monoisotopic (exact) mass is 476 g/mol. The SMILES string of the molecule is O=C(c1ccc(Br)cc1)N(Cc1ccccc1)Cc1cccn1Cc1ccc(F)cc1. The van der Waals surface area contributed by atoms with Gasteiger partial charge in [0.05, 0.1) is 6.54 Å². The van der Waals surface area contributed by atoms with Gasteiger partial charge in [0.1, 0.15) is 5.82 Å². The number of hydrogen-bond acceptors (Lipinski definition) is 1. The van der Waals surface area contributed by atoms with Crippen molar-refractivity contribution in [2.24, 2.45) is 0 Å². The van der Waals surface area contributed by atoms with Crippen molar-refractivity contribution >= 4 is 21.8 Å². The number of halogens is 2. The zero-order chi connectivity index (χ0) is 21.6. The maximum atomic E-state index is 13.4. The summed E-state index contributed by atoms with van der Waals surface area (Å²) >= 11 is 3.43. The molecule has 4 rings (SSSR count). The minimum atomic E-state index is -0.245. The third kappa shape index (κ3) is 5.50. The molecule has 0 fully saturated rings. The van der Waals surface area contributed by atoms with Gasteiger partial charge >= 0.3 is 0 Å². The molecule has 0 saturated carbocycles. The van der Waals surface area contributed by atoms with Gasteiger partial charge in [-0.25, -0.2) is 4.39 Å². The second-order valence-corrected chi connectivity index (χ2v) is 8.32. The molecule has 0 N–H and O–H groups in total. The Bertz CT molecular complexity index is 1140. The quantitative estimate of drug-likeness (QED) is 0.308. The van der Waals surface area contributed by atoms with E-state index in [1.165, 1.54) is 12.1 Å². The highest BCUT2D eigenvalue weighted by atomic mass is 79.9. The van der Waals surface area contributed by atoms with E-state index in [1.54, 1.807) is 12.1 Å². The van der Waals surface area contributed by atoms with Gasteiger partial charge in [-0.3, -0.25) is 4.79 Å². The van der Waals surface area contributed by atoms with E-state index >= 15 is 0 Å². The fourth-order valence-electron chi connectivity index (χ4n) is 3.51. The molecule has 4 aromatic rings. The molecule has 0 unspecified atom stereocenters. The van der Waals surface area contributed by atoms with Gasteiger partial charge in [-0.2, -0.15) is 0 Å². The maximum Gasteiger partial charge on any atom is 0.254 e. The first-order valence-electron chi connectivity index (χ1n) is 10.1. The Balaban J connectivity index is 1.59. The maximum absolute atomic E-state index is 13.4. The summed E-state index contributed by atoms with van der Waals surface area (Å²) in [5, 5.41) is 0. The molecule has 31 heavy (non-hydrogen) atoms. The Hall–Kier alpha value is -3.18. The third-order valence-electron chi connectivity index (χ3n) is 5.14. The van der Waals surface area contributed by atoms with Gasteiger partial charge in [0, 0.05) is 35.0 Å². The molecule has 0 aliphatic rings. The third-order valence-corrected chi connectivity index (χ3v) is 5.67. The average Bonchev–Trinajstić information content (AvgIpc) is 3.22. The van der Waals surface area contributed by atoms with Gasteiger partial charge in [0.25, 0.3) is 5.91 Å². The number of hydrogen-bond donors (Lipinski definition) is 0. The van der Waals surface area contributed by atoms with Crippen LogP contribution in [-0.2, 0) is 19.6 Å². The van der Waals surface area contributed by atoms with Gasteiger partial charge in [0.2, 0.25) is 0 Å². The van der Waals surface area contributed by atoms with E-state index in [9.17, 15) is 9.18 Å². The summed E-state index contributed by atoms with van der Waals surface area (Å²) in [5.74, 6) is -0.267. The summed E-state index contributed by atoms with van der Waals surface area (Å²) in [6.07, 6.45) is 1.99. The van der Waals surface area contributed by atoms with Crippen LogP contribution < -0.4 is 0 Å². The molecule has 3 nitrogen and oxygen atoms in total. The molecule has 0 aliphatic heterocycles. The number of amides is 1. The lowest BCUT2D eigenvalue weighted by atomic mass is 10.1. The van der Waals surface area contributed by atoms with Crippen LogP contribution in [0.5, 0.6) is 0 Å². The first-order chi connectivity index (χ1) is 15.1. The van der Waals surface area contributed by atoms with Crippen molar-refractivity contribution in [3.8, 4) is 0 Å². The lowest BCUT2D eigenvalue weighted by Crippen LogP contribution is -2.31. The van der Waals surface area contributed by atoms with E-state index in [0.29, 0.717) is 25.2 Å². The van der Waals surface area contributed by atoms with Crippen molar-refractivity contribution in [1.82, 2.24) is 9.47 Å². The summed E-state index contributed by atoms with van der Waals surface area (Å²) < 4.78 is 16.3. The Labute approximate surface area is 189 Å². The molecule has 3 aromatic carbocycles. The molecule has 0 bridgehead atoms. The van der Waals surface area contributed by atoms with Crippen molar-refractivity contribution in [1.29, 1.82) is 0 Å². The lowest BCUT2D eigenvalue weighted by molar-refractivity contribution is 0.0726. The lowest BCUT2D eigenvalue weighted by Gasteiger charge is -2.24. The molecule has 0 spiro atoms. The molecular weight excluding hydrogens is 455 g/mol. The van der Waals surface area contributed by atoms with Gasteiger partial charge in [-0.15, -0.1) is 0 Å². The standard InChI is InChI=1S/C26H22BrFN2O/c27-23-12-10-22(11-13-23)26(31)30(18-20-5-2-1-3-6-20)19-25-7-4-16-29(25)17-21-8-14-24(28)15-9-21/h1-16H,17-19H2. The minimum absolute atomic E-state index is 0.0223. The van der Waals surface area contributed by atoms with E-state index in [4.69, 9.17) is 0 Å². The smallest absolute Gasteiger partial charge is 0.254 e. The zero-order valence-electron chi connectivity index (χ0n) is 16.9. The molecule has 1 heterocycles. The zero-order valence-corrected chi connectivity index (χ0v) is 18.5. The van der Waals surface area contributed by atoms with Crippen LogP contribution in [0.2, 0.25) is 0 Å². The summed E-state index contributed by atoms with van der Waals surface area (Å²) in [6, 6.07) is 27.9. The van der Waals surface area contributed by atoms with Gasteiger partial charge < -0.3 is 9.47 Å². The number of benzene rings is 3. The van der Waals surface area contributed by atoms with Crippen LogP contribution in [0.3, 0.4) is 0 Å². The summed E-state index contributed by atoms with van der Waals surface area (Å²) in [5.41, 5.74) is 3.75. The van der Waals surface area contributed by atoms with E-state index in [0.717, 1.165) is 21.3 Å². The molecule has 0 aliphatic carbocycles. The molecule has 1 aromatic heterocycles. The Kier molecular flexibility index (Phi) is 6.63. The van der Waals surface area contributed by atoms with Crippen molar-refractivity contribution in [3.05, 3.63) is 130 Å². The van der Waals surface area contributed by atoms with E-state index < -0.39 is 0 Å². The van der Waals surface area contributed by atoms with Crippen molar-refractivity contribution < 1.29 is 9.18 Å². The molecule has 156 valence electrons. The number of carbonyl (C=O) groups excluding carboxylic acids is 1. The summed E-state index contributed by atoms with van der Waals surface area (Å²) in [6.45, 7) is 1.60. The fraction of sp³-hybridized carbons (Fsp3) is 0.115. The predicted molar refractivity (Wildman–Crippen MR) is 124 cm³/mol. The molecule has 1 amide bonds. The fourth-order valence-corrected chi connectivity index (χ4v) is 3.77. The first kappa shape index (κ1) is 21.1. The molecule has 0 atom stereocenters. The van der Waals surface area contributed by atoms with Crippen molar-refractivity contribution in [2.75, 3.05) is 0 Å². The Morgan fingerprint density at radius 1 is 0.806 bits per heavy atom. The Morgan fingerprint density at radius 2 is 1.52 bits per heavy atom. The van der Waals surface area contributed by atoms with Gasteiger partial charge in [-0.05, 0) is 59.7 Å². The van der Waals surface area contributed by atoms with E-state index in [-0.39, 0.29) is 11.7 Å². The van der Waals surface area contributed by atoms with Crippen LogP contribution in [0.1, 0.15) is 27.2 Å². The van der Waals surface area contributed by atoms with Crippen LogP contribution in [0.25, 0.3) is 0 Å². The highest BCUT2D eigenvalue weighted by Gasteiger charge is 2.18. The van der Waals surface area contributed by atoms with E-state index in [2.05, 4.69) is 20.5 Å². The Morgan fingerprint density at radius 3 is 2.23 bits per heavy atom. The number of carbonyl (C=O) groups is 1. The number of rotatable bonds is 7. The normalized spacial score (nSPS) is 10.8. The molecular formula is C26H22BrFN2O. The molecule has 0 radical (unpaired) electrons. The number of aromatic nitrogens is 1. The molecule has 0 saturated heterocycles. The largest absolute Gasteiger partial charge is 0.345 e. The average molecular weight is 477 g/mol. The highest BCUT2D eigenvalue weighted by Crippen LogP contribution is 2.18. The van der Waals surface area contributed by atoms with Crippen LogP contribution in [0.4, 0.5) is 4.39 Å². The van der Waals surface area contributed by atoms with Crippen LogP contribution in [-0.4, -0.2) is 15.4 Å². The topological polar surface area (TPSA) is 25.2 Å². The highest BCUT2D eigenvalue weighted by molar-refractivity contribution is 9.10. The summed E-state index contributed by atoms with van der Waals surface area (Å²) in [4.78, 5) is 15.2. The second-order valence-electron chi connectivity index (χ2n) is 7.41. The summed E-state index contributed by atoms with van der Waals surface area (Å²) in [7, 11) is 0. The predicted octanol–water partition coefficient (Wildman–Crippen LogP) is 6.28. The van der Waals surface area contributed by atoms with Gasteiger partial charge in [-0.1, -0.05) is 58.4 Å². The van der Waals surface area contributed by atoms with Gasteiger partial charge in [0.15, 0.2) is 0 Å².